The Bertz CT molecular complexity index is 1460. The molecule has 0 unspecified atom stereocenters. The van der Waals surface area contributed by atoms with Gasteiger partial charge in [-0.1, -0.05) is 72.9 Å². The molecule has 0 saturated heterocycles. The second kappa shape index (κ2) is 4.86. The number of hydrogen-bond acceptors (Lipinski definition) is 0. The molecule has 0 aliphatic rings. The van der Waals surface area contributed by atoms with E-state index >= 15 is 0 Å². The van der Waals surface area contributed by atoms with Crippen LogP contribution in [0.2, 0.25) is 13.1 Å². The lowest BCUT2D eigenvalue weighted by atomic mass is 10.0. The molecule has 0 amide bonds. The van der Waals surface area contributed by atoms with Gasteiger partial charge in [-0.2, -0.15) is 0 Å². The van der Waals surface area contributed by atoms with Crippen LogP contribution in [0.25, 0.3) is 48.9 Å². The molecule has 2 heterocycles. The lowest BCUT2D eigenvalue weighted by Gasteiger charge is -2.06. The molecule has 0 aliphatic carbocycles. The molecule has 2 heteroatoms. The van der Waals surface area contributed by atoms with Gasteiger partial charge in [-0.25, -0.2) is 0 Å². The fraction of sp³-hybridized carbons (Fsp3) is 0.0833. The average Bonchev–Trinajstić information content (AvgIpc) is 3.17. The van der Waals surface area contributed by atoms with Crippen LogP contribution in [0.1, 0.15) is 0 Å². The SMILES string of the molecule is C[SiH](C)c1cc2c3ccccc3n3c4cc5ccccc5cc4c(c1)c23. The van der Waals surface area contributed by atoms with Crippen LogP contribution in [0.15, 0.2) is 72.8 Å². The standard InChI is InChI=1S/C24H19NSi/c1-26(2)17-13-20-18-9-5-6-10-22(18)25-23-12-16-8-4-3-7-15(16)11-19(23)21(14-17)24(20)25/h3-14,26H,1-2H3. The van der Waals surface area contributed by atoms with Crippen LogP contribution in [0.5, 0.6) is 0 Å². The van der Waals surface area contributed by atoms with E-state index in [1.54, 1.807) is 5.19 Å². The normalized spacial score (nSPS) is 12.6. The topological polar surface area (TPSA) is 4.41 Å². The Balaban J connectivity index is 1.98. The lowest BCUT2D eigenvalue weighted by Crippen LogP contribution is -2.21. The molecule has 0 radical (unpaired) electrons. The molecule has 4 aromatic carbocycles. The Morgan fingerprint density at radius 3 is 2.04 bits per heavy atom. The van der Waals surface area contributed by atoms with Crippen molar-refractivity contribution < 1.29 is 0 Å². The van der Waals surface area contributed by atoms with E-state index in [0.717, 1.165) is 0 Å². The van der Waals surface area contributed by atoms with E-state index in [1.165, 1.54) is 48.9 Å². The first-order valence-electron chi connectivity index (χ1n) is 9.33. The summed E-state index contributed by atoms with van der Waals surface area (Å²) in [5.74, 6) is 0. The fourth-order valence-corrected chi connectivity index (χ4v) is 5.54. The van der Waals surface area contributed by atoms with E-state index in [-0.39, 0.29) is 0 Å². The summed E-state index contributed by atoms with van der Waals surface area (Å²) < 4.78 is 2.48. The molecular formula is C24H19NSi. The van der Waals surface area contributed by atoms with Gasteiger partial charge in [-0.15, -0.1) is 0 Å². The van der Waals surface area contributed by atoms with Gasteiger partial charge in [0.1, 0.15) is 0 Å². The molecule has 6 rings (SSSR count). The largest absolute Gasteiger partial charge is 0.308 e. The molecule has 0 aliphatic heterocycles. The zero-order chi connectivity index (χ0) is 17.4. The van der Waals surface area contributed by atoms with Gasteiger partial charge in [0.25, 0.3) is 0 Å². The number of fused-ring (bicyclic) bond motifs is 7. The zero-order valence-corrected chi connectivity index (χ0v) is 16.1. The first-order chi connectivity index (χ1) is 12.7. The van der Waals surface area contributed by atoms with Gasteiger partial charge >= 0.3 is 0 Å². The van der Waals surface area contributed by atoms with Crippen LogP contribution in [-0.2, 0) is 0 Å². The predicted octanol–water partition coefficient (Wildman–Crippen LogP) is 5.68. The molecule has 2 aromatic heterocycles. The summed E-state index contributed by atoms with van der Waals surface area (Å²) in [6, 6.07) is 27.2. The highest BCUT2D eigenvalue weighted by Crippen LogP contribution is 2.39. The second-order valence-electron chi connectivity index (χ2n) is 7.69. The minimum absolute atomic E-state index is 0.884. The van der Waals surface area contributed by atoms with Gasteiger partial charge in [0.05, 0.1) is 25.3 Å². The molecule has 6 aromatic rings. The molecule has 0 atom stereocenters. The number of nitrogens with zero attached hydrogens (tertiary/aromatic N) is 1. The zero-order valence-electron chi connectivity index (χ0n) is 15.0. The highest BCUT2D eigenvalue weighted by Gasteiger charge is 2.19. The Kier molecular flexibility index (Phi) is 2.68. The molecule has 124 valence electrons. The highest BCUT2D eigenvalue weighted by molar-refractivity contribution is 6.71. The maximum absolute atomic E-state index is 2.48. The smallest absolute Gasteiger partial charge is 0.0647 e. The highest BCUT2D eigenvalue weighted by atomic mass is 28.3. The first-order valence-corrected chi connectivity index (χ1v) is 12.2. The summed E-state index contributed by atoms with van der Waals surface area (Å²) >= 11 is 0. The number of rotatable bonds is 1. The van der Waals surface area contributed by atoms with E-state index in [1.807, 2.05) is 0 Å². The average molecular weight is 350 g/mol. The van der Waals surface area contributed by atoms with Crippen molar-refractivity contribution in [3.63, 3.8) is 0 Å². The minimum Gasteiger partial charge on any atom is -0.308 e. The maximum atomic E-state index is 2.48. The van der Waals surface area contributed by atoms with Crippen molar-refractivity contribution in [2.75, 3.05) is 0 Å². The van der Waals surface area contributed by atoms with E-state index in [0.29, 0.717) is 0 Å². The van der Waals surface area contributed by atoms with Gasteiger partial charge in [-0.05, 0) is 29.0 Å². The third-order valence-corrected chi connectivity index (χ3v) is 7.52. The third kappa shape index (κ3) is 1.70. The summed E-state index contributed by atoms with van der Waals surface area (Å²) in [5.41, 5.74) is 4.03. The number of aromatic nitrogens is 1. The molecule has 26 heavy (non-hydrogen) atoms. The van der Waals surface area contributed by atoms with Crippen LogP contribution in [-0.4, -0.2) is 13.2 Å². The third-order valence-electron chi connectivity index (χ3n) is 5.85. The van der Waals surface area contributed by atoms with Crippen molar-refractivity contribution in [3.05, 3.63) is 72.8 Å². The number of hydrogen-bond donors (Lipinski definition) is 0. The lowest BCUT2D eigenvalue weighted by molar-refractivity contribution is 1.37. The van der Waals surface area contributed by atoms with Crippen molar-refractivity contribution >= 4 is 62.9 Å². The van der Waals surface area contributed by atoms with Crippen molar-refractivity contribution in [1.29, 1.82) is 0 Å². The van der Waals surface area contributed by atoms with Crippen LogP contribution in [0, 0.1) is 0 Å². The van der Waals surface area contributed by atoms with E-state index in [2.05, 4.69) is 90.3 Å². The van der Waals surface area contributed by atoms with Crippen LogP contribution < -0.4 is 5.19 Å². The van der Waals surface area contributed by atoms with Crippen LogP contribution in [0.4, 0.5) is 0 Å². The quantitative estimate of drug-likeness (QED) is 0.336. The summed E-state index contributed by atoms with van der Waals surface area (Å²) in [6.07, 6.45) is 0. The molecule has 0 spiro atoms. The number of benzene rings is 4. The molecule has 0 saturated carbocycles. The van der Waals surface area contributed by atoms with E-state index < -0.39 is 8.80 Å². The molecule has 0 fully saturated rings. The van der Waals surface area contributed by atoms with E-state index in [4.69, 9.17) is 0 Å². The first kappa shape index (κ1) is 14.3. The minimum atomic E-state index is -0.884. The molecule has 0 bridgehead atoms. The fourth-order valence-electron chi connectivity index (χ4n) is 4.54. The Morgan fingerprint density at radius 2 is 1.27 bits per heavy atom. The van der Waals surface area contributed by atoms with Crippen molar-refractivity contribution in [1.82, 2.24) is 4.40 Å². The second-order valence-corrected chi connectivity index (χ2v) is 10.7. The van der Waals surface area contributed by atoms with E-state index in [9.17, 15) is 0 Å². The molecule has 1 nitrogen and oxygen atoms in total. The molecular weight excluding hydrogens is 330 g/mol. The Morgan fingerprint density at radius 1 is 0.615 bits per heavy atom. The summed E-state index contributed by atoms with van der Waals surface area (Å²) in [4.78, 5) is 0. The number of para-hydroxylation sites is 1. The summed E-state index contributed by atoms with van der Waals surface area (Å²) in [6.45, 7) is 4.84. The predicted molar refractivity (Wildman–Crippen MR) is 117 cm³/mol. The van der Waals surface area contributed by atoms with Crippen molar-refractivity contribution in [2.45, 2.75) is 13.1 Å². The van der Waals surface area contributed by atoms with Gasteiger partial charge in [0.2, 0.25) is 0 Å². The van der Waals surface area contributed by atoms with Crippen LogP contribution in [0.3, 0.4) is 0 Å². The Labute approximate surface area is 153 Å². The van der Waals surface area contributed by atoms with Gasteiger partial charge < -0.3 is 4.40 Å². The molecule has 0 N–H and O–H groups in total. The van der Waals surface area contributed by atoms with Gasteiger partial charge in [0, 0.05) is 21.5 Å². The maximum Gasteiger partial charge on any atom is 0.0647 e. The summed E-state index contributed by atoms with van der Waals surface area (Å²) in [7, 11) is -0.884. The van der Waals surface area contributed by atoms with Crippen molar-refractivity contribution in [3.8, 4) is 0 Å². The van der Waals surface area contributed by atoms with Crippen molar-refractivity contribution in [2.24, 2.45) is 0 Å². The Hall–Kier alpha value is -2.84. The monoisotopic (exact) mass is 349 g/mol. The van der Waals surface area contributed by atoms with Gasteiger partial charge in [-0.3, -0.25) is 0 Å². The van der Waals surface area contributed by atoms with Crippen LogP contribution >= 0.6 is 0 Å². The van der Waals surface area contributed by atoms with Gasteiger partial charge in [0.15, 0.2) is 0 Å². The summed E-state index contributed by atoms with van der Waals surface area (Å²) in [5, 5.41) is 9.76.